The number of anilines is 1. The number of ether oxygens (including phenoxy) is 2. The summed E-state index contributed by atoms with van der Waals surface area (Å²) in [4.78, 5) is 13.5. The molecule has 1 unspecified atom stereocenters. The molecule has 1 fully saturated rings. The molecule has 5 nitrogen and oxygen atoms in total. The van der Waals surface area contributed by atoms with Gasteiger partial charge in [-0.15, -0.1) is 0 Å². The van der Waals surface area contributed by atoms with Gasteiger partial charge >= 0.3 is 0 Å². The van der Waals surface area contributed by atoms with Crippen LogP contribution in [0.2, 0.25) is 0 Å². The highest BCUT2D eigenvalue weighted by atomic mass is 16.6. The van der Waals surface area contributed by atoms with Crippen molar-refractivity contribution < 1.29 is 19.4 Å². The van der Waals surface area contributed by atoms with Crippen LogP contribution < -0.4 is 4.90 Å². The maximum atomic E-state index is 12.0. The van der Waals surface area contributed by atoms with Crippen molar-refractivity contribution in [3.63, 3.8) is 0 Å². The Kier molecular flexibility index (Phi) is 3.61. The molecule has 0 aliphatic carbocycles. The molecule has 1 aromatic carbocycles. The monoisotopic (exact) mass is 237 g/mol. The van der Waals surface area contributed by atoms with Gasteiger partial charge in [-0.2, -0.15) is 0 Å². The van der Waals surface area contributed by atoms with Crippen molar-refractivity contribution in [1.29, 1.82) is 0 Å². The summed E-state index contributed by atoms with van der Waals surface area (Å²) in [6, 6.07) is 6.43. The molecule has 0 bridgehead atoms. The molecular formula is C12H15NO4. The predicted octanol–water partition coefficient (Wildman–Crippen LogP) is 0.770. The summed E-state index contributed by atoms with van der Waals surface area (Å²) in [7, 11) is 1.67. The number of phenols is 1. The van der Waals surface area contributed by atoms with Gasteiger partial charge in [0.1, 0.15) is 5.75 Å². The molecule has 2 rings (SSSR count). The molecule has 5 heteroatoms. The van der Waals surface area contributed by atoms with E-state index in [4.69, 9.17) is 9.47 Å². The SMILES string of the molecule is CN(C(=O)C1COCCO1)c1ccc(O)cc1. The zero-order chi connectivity index (χ0) is 12.3. The summed E-state index contributed by atoms with van der Waals surface area (Å²) in [5, 5.41) is 9.18. The van der Waals surface area contributed by atoms with E-state index >= 15 is 0 Å². The third kappa shape index (κ3) is 2.75. The molecule has 1 amide bonds. The molecule has 0 radical (unpaired) electrons. The third-order valence-corrected chi connectivity index (χ3v) is 2.66. The van der Waals surface area contributed by atoms with Crippen LogP contribution in [0.25, 0.3) is 0 Å². The summed E-state index contributed by atoms with van der Waals surface area (Å²) < 4.78 is 10.5. The van der Waals surface area contributed by atoms with Crippen LogP contribution in [0.3, 0.4) is 0 Å². The third-order valence-electron chi connectivity index (χ3n) is 2.66. The molecule has 0 saturated carbocycles. The Hall–Kier alpha value is -1.59. The second kappa shape index (κ2) is 5.16. The van der Waals surface area contributed by atoms with E-state index < -0.39 is 6.10 Å². The first-order valence-electron chi connectivity index (χ1n) is 5.44. The fourth-order valence-corrected chi connectivity index (χ4v) is 1.65. The van der Waals surface area contributed by atoms with Crippen LogP contribution in [0, 0.1) is 0 Å². The number of likely N-dealkylation sites (N-methyl/N-ethyl adjacent to an activating group) is 1. The van der Waals surface area contributed by atoms with Crippen molar-refractivity contribution in [3.05, 3.63) is 24.3 Å². The van der Waals surface area contributed by atoms with E-state index in [0.717, 1.165) is 0 Å². The van der Waals surface area contributed by atoms with Crippen molar-refractivity contribution in [3.8, 4) is 5.75 Å². The molecule has 1 atom stereocenters. The van der Waals surface area contributed by atoms with E-state index in [0.29, 0.717) is 25.5 Å². The minimum atomic E-state index is -0.539. The molecule has 1 aliphatic rings. The highest BCUT2D eigenvalue weighted by molar-refractivity contribution is 5.96. The number of benzene rings is 1. The Bertz CT molecular complexity index is 384. The molecule has 1 saturated heterocycles. The van der Waals surface area contributed by atoms with Gasteiger partial charge < -0.3 is 19.5 Å². The van der Waals surface area contributed by atoms with Gasteiger partial charge in [-0.1, -0.05) is 0 Å². The van der Waals surface area contributed by atoms with Crippen LogP contribution in [0.1, 0.15) is 0 Å². The lowest BCUT2D eigenvalue weighted by Gasteiger charge is -2.26. The summed E-state index contributed by atoms with van der Waals surface area (Å²) in [5.41, 5.74) is 0.710. The van der Waals surface area contributed by atoms with Crippen LogP contribution >= 0.6 is 0 Å². The number of aromatic hydroxyl groups is 1. The summed E-state index contributed by atoms with van der Waals surface area (Å²) in [5.74, 6) is 0.0299. The Labute approximate surface area is 99.6 Å². The number of amides is 1. The zero-order valence-electron chi connectivity index (χ0n) is 9.63. The molecule has 1 aliphatic heterocycles. The van der Waals surface area contributed by atoms with Gasteiger partial charge in [0.15, 0.2) is 6.10 Å². The Morgan fingerprint density at radius 3 is 2.65 bits per heavy atom. The molecule has 0 aromatic heterocycles. The van der Waals surface area contributed by atoms with Gasteiger partial charge in [0.05, 0.1) is 19.8 Å². The fraction of sp³-hybridized carbons (Fsp3) is 0.417. The van der Waals surface area contributed by atoms with Gasteiger partial charge in [0.25, 0.3) is 5.91 Å². The Morgan fingerprint density at radius 1 is 1.35 bits per heavy atom. The molecule has 92 valence electrons. The van der Waals surface area contributed by atoms with E-state index in [1.165, 1.54) is 17.0 Å². The minimum absolute atomic E-state index is 0.143. The molecule has 1 N–H and O–H groups in total. The highest BCUT2D eigenvalue weighted by Gasteiger charge is 2.26. The van der Waals surface area contributed by atoms with Crippen molar-refractivity contribution in [2.75, 3.05) is 31.8 Å². The van der Waals surface area contributed by atoms with E-state index in [1.807, 2.05) is 0 Å². The Balaban J connectivity index is 2.05. The highest BCUT2D eigenvalue weighted by Crippen LogP contribution is 2.18. The van der Waals surface area contributed by atoms with Crippen molar-refractivity contribution in [1.82, 2.24) is 0 Å². The average molecular weight is 237 g/mol. The molecule has 0 spiro atoms. The fourth-order valence-electron chi connectivity index (χ4n) is 1.65. The number of hydrogen-bond donors (Lipinski definition) is 1. The number of rotatable bonds is 2. The van der Waals surface area contributed by atoms with Crippen molar-refractivity contribution in [2.45, 2.75) is 6.10 Å². The number of phenolic OH excluding ortho intramolecular Hbond substituents is 1. The van der Waals surface area contributed by atoms with Crippen LogP contribution in [0.4, 0.5) is 5.69 Å². The zero-order valence-corrected chi connectivity index (χ0v) is 9.63. The smallest absolute Gasteiger partial charge is 0.258 e. The number of hydrogen-bond acceptors (Lipinski definition) is 4. The molecular weight excluding hydrogens is 222 g/mol. The molecule has 1 heterocycles. The topological polar surface area (TPSA) is 59.0 Å². The lowest BCUT2D eigenvalue weighted by molar-refractivity contribution is -0.144. The number of carbonyl (C=O) groups excluding carboxylic acids is 1. The van der Waals surface area contributed by atoms with E-state index in [2.05, 4.69) is 0 Å². The summed E-state index contributed by atoms with van der Waals surface area (Å²) >= 11 is 0. The second-order valence-electron chi connectivity index (χ2n) is 3.85. The lowest BCUT2D eigenvalue weighted by atomic mass is 10.2. The second-order valence-corrected chi connectivity index (χ2v) is 3.85. The van der Waals surface area contributed by atoms with Gasteiger partial charge in [-0.25, -0.2) is 0 Å². The maximum absolute atomic E-state index is 12.0. The van der Waals surface area contributed by atoms with Gasteiger partial charge in [0, 0.05) is 12.7 Å². The maximum Gasteiger partial charge on any atom is 0.258 e. The van der Waals surface area contributed by atoms with E-state index in [9.17, 15) is 9.90 Å². The van der Waals surface area contributed by atoms with Crippen molar-refractivity contribution in [2.24, 2.45) is 0 Å². The van der Waals surface area contributed by atoms with Crippen LogP contribution in [-0.4, -0.2) is 44.0 Å². The molecule has 17 heavy (non-hydrogen) atoms. The first-order valence-corrected chi connectivity index (χ1v) is 5.44. The van der Waals surface area contributed by atoms with Gasteiger partial charge in [0.2, 0.25) is 0 Å². The van der Waals surface area contributed by atoms with Crippen LogP contribution in [-0.2, 0) is 14.3 Å². The first kappa shape index (κ1) is 11.9. The standard InChI is InChI=1S/C12H15NO4/c1-13(9-2-4-10(14)5-3-9)12(15)11-8-16-6-7-17-11/h2-5,11,14H,6-8H2,1H3. The summed E-state index contributed by atoms with van der Waals surface area (Å²) in [6.45, 7) is 1.27. The largest absolute Gasteiger partial charge is 0.508 e. The van der Waals surface area contributed by atoms with Crippen LogP contribution in [0.15, 0.2) is 24.3 Å². The quantitative estimate of drug-likeness (QED) is 0.825. The number of carbonyl (C=O) groups is 1. The lowest BCUT2D eigenvalue weighted by Crippen LogP contribution is -2.43. The predicted molar refractivity (Wildman–Crippen MR) is 62.1 cm³/mol. The Morgan fingerprint density at radius 2 is 2.06 bits per heavy atom. The van der Waals surface area contributed by atoms with Crippen molar-refractivity contribution >= 4 is 11.6 Å². The summed E-state index contributed by atoms with van der Waals surface area (Å²) in [6.07, 6.45) is -0.539. The normalized spacial score (nSPS) is 19.9. The first-order chi connectivity index (χ1) is 8.18. The van der Waals surface area contributed by atoms with E-state index in [1.54, 1.807) is 19.2 Å². The number of nitrogens with zero attached hydrogens (tertiary/aromatic N) is 1. The van der Waals surface area contributed by atoms with Gasteiger partial charge in [-0.05, 0) is 24.3 Å². The minimum Gasteiger partial charge on any atom is -0.508 e. The average Bonchev–Trinajstić information content (AvgIpc) is 2.39. The van der Waals surface area contributed by atoms with Gasteiger partial charge in [-0.3, -0.25) is 4.79 Å². The van der Waals surface area contributed by atoms with Crippen LogP contribution in [0.5, 0.6) is 5.75 Å². The van der Waals surface area contributed by atoms with E-state index in [-0.39, 0.29) is 11.7 Å². The molecule has 1 aromatic rings.